The van der Waals surface area contributed by atoms with Gasteiger partial charge in [-0.1, -0.05) is 22.8 Å². The Morgan fingerprint density at radius 3 is 2.79 bits per heavy atom. The van der Waals surface area contributed by atoms with Crippen LogP contribution in [0.4, 0.5) is 5.69 Å². The standard InChI is InChI=1S/C7H6ClN3O3/c8-6-4(7(9)10-12)2-1-3-5(6)11(13)14/h1-3,12H,(H2,9,10). The Morgan fingerprint density at radius 2 is 2.29 bits per heavy atom. The molecule has 0 bridgehead atoms. The summed E-state index contributed by atoms with van der Waals surface area (Å²) in [6, 6.07) is 4.05. The second-order valence-corrected chi connectivity index (χ2v) is 2.76. The van der Waals surface area contributed by atoms with Crippen LogP contribution >= 0.6 is 11.6 Å². The normalized spacial score (nSPS) is 11.4. The van der Waals surface area contributed by atoms with Gasteiger partial charge >= 0.3 is 0 Å². The quantitative estimate of drug-likeness (QED) is 0.256. The third-order valence-electron chi connectivity index (χ3n) is 1.56. The van der Waals surface area contributed by atoms with Crippen LogP contribution in [0, 0.1) is 10.1 Å². The molecule has 0 aromatic heterocycles. The summed E-state index contributed by atoms with van der Waals surface area (Å²) in [5.41, 5.74) is 5.10. The monoisotopic (exact) mass is 215 g/mol. The number of benzene rings is 1. The molecule has 0 unspecified atom stereocenters. The number of rotatable bonds is 2. The van der Waals surface area contributed by atoms with Crippen LogP contribution in [-0.4, -0.2) is 16.0 Å². The second-order valence-electron chi connectivity index (χ2n) is 2.38. The van der Waals surface area contributed by atoms with Crippen molar-refractivity contribution in [2.45, 2.75) is 0 Å². The summed E-state index contributed by atoms with van der Waals surface area (Å²) < 4.78 is 0. The summed E-state index contributed by atoms with van der Waals surface area (Å²) in [4.78, 5) is 9.82. The maximum absolute atomic E-state index is 10.5. The van der Waals surface area contributed by atoms with Crippen molar-refractivity contribution in [1.29, 1.82) is 0 Å². The van der Waals surface area contributed by atoms with Crippen molar-refractivity contribution in [2.24, 2.45) is 10.9 Å². The molecule has 0 radical (unpaired) electrons. The maximum Gasteiger partial charge on any atom is 0.288 e. The maximum atomic E-state index is 10.5. The molecule has 0 saturated heterocycles. The van der Waals surface area contributed by atoms with Crippen LogP contribution in [0.1, 0.15) is 5.56 Å². The van der Waals surface area contributed by atoms with Gasteiger partial charge in [0.05, 0.1) is 4.92 Å². The number of hydrogen-bond donors (Lipinski definition) is 2. The first kappa shape index (κ1) is 10.3. The molecule has 74 valence electrons. The lowest BCUT2D eigenvalue weighted by Crippen LogP contribution is -2.14. The second kappa shape index (κ2) is 3.93. The molecule has 0 aliphatic rings. The molecular formula is C7H6ClN3O3. The molecule has 0 heterocycles. The lowest BCUT2D eigenvalue weighted by atomic mass is 10.2. The molecule has 14 heavy (non-hydrogen) atoms. The van der Waals surface area contributed by atoms with Crippen LogP contribution in [0.3, 0.4) is 0 Å². The topological polar surface area (TPSA) is 102 Å². The van der Waals surface area contributed by atoms with Gasteiger partial charge in [-0.2, -0.15) is 0 Å². The predicted molar refractivity (Wildman–Crippen MR) is 50.6 cm³/mol. The molecule has 1 aromatic carbocycles. The van der Waals surface area contributed by atoms with Crippen LogP contribution in [0.5, 0.6) is 0 Å². The van der Waals surface area contributed by atoms with E-state index in [1.807, 2.05) is 0 Å². The van der Waals surface area contributed by atoms with Crippen molar-refractivity contribution in [3.63, 3.8) is 0 Å². The van der Waals surface area contributed by atoms with E-state index in [2.05, 4.69) is 5.16 Å². The Hall–Kier alpha value is -1.82. The number of amidine groups is 1. The minimum absolute atomic E-state index is 0.128. The average molecular weight is 216 g/mol. The van der Waals surface area contributed by atoms with E-state index >= 15 is 0 Å². The molecule has 1 aromatic rings. The van der Waals surface area contributed by atoms with E-state index in [4.69, 9.17) is 22.5 Å². The van der Waals surface area contributed by atoms with Crippen LogP contribution in [0.15, 0.2) is 23.4 Å². The van der Waals surface area contributed by atoms with Crippen molar-refractivity contribution in [3.05, 3.63) is 38.9 Å². The van der Waals surface area contributed by atoms with Gasteiger partial charge < -0.3 is 10.9 Å². The van der Waals surface area contributed by atoms with Gasteiger partial charge in [-0.05, 0) is 6.07 Å². The van der Waals surface area contributed by atoms with Crippen molar-refractivity contribution in [2.75, 3.05) is 0 Å². The van der Waals surface area contributed by atoms with Gasteiger partial charge in [0.15, 0.2) is 5.84 Å². The third-order valence-corrected chi connectivity index (χ3v) is 1.96. The summed E-state index contributed by atoms with van der Waals surface area (Å²) in [5.74, 6) is -0.265. The van der Waals surface area contributed by atoms with Crippen LogP contribution in [0.2, 0.25) is 5.02 Å². The van der Waals surface area contributed by atoms with Gasteiger partial charge in [-0.25, -0.2) is 0 Å². The molecule has 0 aliphatic heterocycles. The fourth-order valence-electron chi connectivity index (χ4n) is 0.912. The lowest BCUT2D eigenvalue weighted by molar-refractivity contribution is -0.384. The highest BCUT2D eigenvalue weighted by molar-refractivity contribution is 6.36. The van der Waals surface area contributed by atoms with Gasteiger partial charge in [-0.3, -0.25) is 10.1 Å². The van der Waals surface area contributed by atoms with Gasteiger partial charge in [0.1, 0.15) is 5.02 Å². The third kappa shape index (κ3) is 1.74. The first-order valence-electron chi connectivity index (χ1n) is 3.48. The van der Waals surface area contributed by atoms with E-state index < -0.39 is 4.92 Å². The van der Waals surface area contributed by atoms with Gasteiger partial charge in [0.2, 0.25) is 0 Å². The molecule has 1 rings (SSSR count). The largest absolute Gasteiger partial charge is 0.409 e. The summed E-state index contributed by atoms with van der Waals surface area (Å²) in [5, 5.41) is 21.4. The molecular weight excluding hydrogens is 210 g/mol. The molecule has 7 heteroatoms. The molecule has 0 fully saturated rings. The Labute approximate surface area is 83.7 Å². The van der Waals surface area contributed by atoms with Crippen LogP contribution in [-0.2, 0) is 0 Å². The first-order chi connectivity index (χ1) is 6.57. The Morgan fingerprint density at radius 1 is 1.64 bits per heavy atom. The number of nitro groups is 1. The molecule has 0 spiro atoms. The summed E-state index contributed by atoms with van der Waals surface area (Å²) in [7, 11) is 0. The van der Waals surface area contributed by atoms with E-state index in [9.17, 15) is 10.1 Å². The zero-order chi connectivity index (χ0) is 10.7. The first-order valence-corrected chi connectivity index (χ1v) is 3.86. The fourth-order valence-corrected chi connectivity index (χ4v) is 1.20. The van der Waals surface area contributed by atoms with Crippen molar-refractivity contribution in [3.8, 4) is 0 Å². The number of halogens is 1. The Bertz CT molecular complexity index is 405. The molecule has 3 N–H and O–H groups in total. The van der Waals surface area contributed by atoms with Crippen molar-refractivity contribution in [1.82, 2.24) is 0 Å². The highest BCUT2D eigenvalue weighted by Crippen LogP contribution is 2.27. The predicted octanol–water partition coefficient (Wildman–Crippen LogP) is 1.34. The number of hydrogen-bond acceptors (Lipinski definition) is 4. The van der Waals surface area contributed by atoms with E-state index in [0.717, 1.165) is 0 Å². The van der Waals surface area contributed by atoms with E-state index in [1.54, 1.807) is 0 Å². The molecule has 0 atom stereocenters. The molecule has 0 aliphatic carbocycles. The zero-order valence-electron chi connectivity index (χ0n) is 6.85. The van der Waals surface area contributed by atoms with E-state index in [0.29, 0.717) is 0 Å². The highest BCUT2D eigenvalue weighted by Gasteiger charge is 2.17. The van der Waals surface area contributed by atoms with Gasteiger partial charge in [0, 0.05) is 11.6 Å². The van der Waals surface area contributed by atoms with Crippen molar-refractivity contribution < 1.29 is 10.1 Å². The Balaban J connectivity index is 3.35. The summed E-state index contributed by atoms with van der Waals surface area (Å²) >= 11 is 5.66. The van der Waals surface area contributed by atoms with E-state index in [1.165, 1.54) is 18.2 Å². The SMILES string of the molecule is NC(=NO)c1cccc([N+](=O)[O-])c1Cl. The minimum Gasteiger partial charge on any atom is -0.409 e. The van der Waals surface area contributed by atoms with Crippen molar-refractivity contribution >= 4 is 23.1 Å². The summed E-state index contributed by atoms with van der Waals surface area (Å²) in [6.45, 7) is 0. The van der Waals surface area contributed by atoms with E-state index in [-0.39, 0.29) is 22.1 Å². The smallest absolute Gasteiger partial charge is 0.288 e. The average Bonchev–Trinajstić information content (AvgIpc) is 2.16. The summed E-state index contributed by atoms with van der Waals surface area (Å²) in [6.07, 6.45) is 0. The minimum atomic E-state index is -0.642. The lowest BCUT2D eigenvalue weighted by Gasteiger charge is -2.01. The zero-order valence-corrected chi connectivity index (χ0v) is 7.60. The number of oxime groups is 1. The molecule has 6 nitrogen and oxygen atoms in total. The Kier molecular flexibility index (Phi) is 2.88. The highest BCUT2D eigenvalue weighted by atomic mass is 35.5. The molecule has 0 amide bonds. The van der Waals surface area contributed by atoms with Gasteiger partial charge in [0.25, 0.3) is 5.69 Å². The fraction of sp³-hybridized carbons (Fsp3) is 0. The number of nitrogens with two attached hydrogens (primary N) is 1. The number of nitrogens with zero attached hydrogens (tertiary/aromatic N) is 2. The van der Waals surface area contributed by atoms with Crippen LogP contribution in [0.25, 0.3) is 0 Å². The van der Waals surface area contributed by atoms with Gasteiger partial charge in [-0.15, -0.1) is 0 Å². The van der Waals surface area contributed by atoms with Crippen LogP contribution < -0.4 is 5.73 Å². The number of nitro benzene ring substituents is 1. The molecule has 0 saturated carbocycles.